The number of nitrogens with zero attached hydrogens (tertiary/aromatic N) is 3. The van der Waals surface area contributed by atoms with Crippen molar-refractivity contribution < 1.29 is 19.4 Å². The van der Waals surface area contributed by atoms with Crippen LogP contribution in [-0.4, -0.2) is 91.7 Å². The van der Waals surface area contributed by atoms with Gasteiger partial charge < -0.3 is 20.1 Å². The van der Waals surface area contributed by atoms with Gasteiger partial charge in [-0.3, -0.25) is 24.7 Å². The van der Waals surface area contributed by atoms with Crippen LogP contribution in [0, 0.1) is 5.92 Å². The van der Waals surface area contributed by atoms with E-state index < -0.39 is 0 Å². The first-order valence-corrected chi connectivity index (χ1v) is 19.9. The molecule has 282 valence electrons. The standard InChI is InChI=1S/C45H53N5O4/c51-38-13-17-41-35(30-38)8-16-40(33-4-2-1-3-5-33)44(41)34-6-14-39(15-7-34)54-29-28-48-22-20-32(21-23-48)31-49-24-26-50(27-25-49)37-11-9-36(10-12-37)46-42-18-19-43(52)47-45(42)53/h1-7,9-15,17,30,32,40,42,44,46,51H,8,16,18-29,31H2,(H,47,52,53)/t40-,42?,44+/m1/s1. The van der Waals surface area contributed by atoms with Crippen molar-refractivity contribution in [1.29, 1.82) is 0 Å². The van der Waals surface area contributed by atoms with E-state index in [0.717, 1.165) is 76.0 Å². The summed E-state index contributed by atoms with van der Waals surface area (Å²) >= 11 is 0. The molecule has 4 aliphatic rings. The fraction of sp³-hybridized carbons (Fsp3) is 0.422. The minimum atomic E-state index is -0.361. The van der Waals surface area contributed by atoms with Gasteiger partial charge in [0.15, 0.2) is 0 Å². The predicted molar refractivity (Wildman–Crippen MR) is 213 cm³/mol. The third kappa shape index (κ3) is 8.58. The SMILES string of the molecule is O=C1CCC(Nc2ccc(N3CCN(CC4CCN(CCOc5ccc([C@@H]6c7ccc(O)cc7CC[C@@H]6c6ccccc6)cc5)CC4)CC3)cc2)C(=O)N1. The third-order valence-electron chi connectivity index (χ3n) is 12.1. The number of likely N-dealkylation sites (tertiary alicyclic amines) is 1. The number of phenols is 1. The number of nitrogens with one attached hydrogen (secondary N) is 2. The number of imide groups is 1. The normalized spacial score (nSPS) is 22.7. The number of benzene rings is 4. The fourth-order valence-corrected chi connectivity index (χ4v) is 9.09. The molecule has 3 heterocycles. The summed E-state index contributed by atoms with van der Waals surface area (Å²) in [5.41, 5.74) is 7.35. The van der Waals surface area contributed by atoms with Crippen LogP contribution in [-0.2, 0) is 16.0 Å². The molecule has 8 rings (SSSR count). The molecule has 4 aromatic rings. The van der Waals surface area contributed by atoms with Crippen LogP contribution in [0.5, 0.6) is 11.5 Å². The third-order valence-corrected chi connectivity index (χ3v) is 12.1. The lowest BCUT2D eigenvalue weighted by Crippen LogP contribution is -2.49. The van der Waals surface area contributed by atoms with Crippen LogP contribution in [0.1, 0.15) is 66.2 Å². The molecule has 0 radical (unpaired) electrons. The van der Waals surface area contributed by atoms with Gasteiger partial charge in [0.1, 0.15) is 24.1 Å². The summed E-state index contributed by atoms with van der Waals surface area (Å²) < 4.78 is 6.27. The first kappa shape index (κ1) is 36.1. The van der Waals surface area contributed by atoms with Gasteiger partial charge in [-0.25, -0.2) is 0 Å². The van der Waals surface area contributed by atoms with Gasteiger partial charge in [0, 0.05) is 63.0 Å². The van der Waals surface area contributed by atoms with E-state index in [4.69, 9.17) is 4.74 Å². The number of piperidine rings is 2. The van der Waals surface area contributed by atoms with Crippen molar-refractivity contribution in [2.24, 2.45) is 5.92 Å². The Morgan fingerprint density at radius 2 is 1.50 bits per heavy atom. The van der Waals surface area contributed by atoms with Crippen molar-refractivity contribution in [3.05, 3.63) is 119 Å². The molecule has 3 aliphatic heterocycles. The molecule has 0 spiro atoms. The van der Waals surface area contributed by atoms with E-state index in [2.05, 4.69) is 98.1 Å². The van der Waals surface area contributed by atoms with Crippen LogP contribution in [0.25, 0.3) is 0 Å². The number of anilines is 2. The summed E-state index contributed by atoms with van der Waals surface area (Å²) in [6.07, 6.45) is 5.40. The average Bonchev–Trinajstić information content (AvgIpc) is 3.20. The van der Waals surface area contributed by atoms with Gasteiger partial charge in [0.25, 0.3) is 0 Å². The van der Waals surface area contributed by atoms with Gasteiger partial charge in [-0.15, -0.1) is 0 Å². The molecule has 1 aliphatic carbocycles. The van der Waals surface area contributed by atoms with E-state index in [1.165, 1.54) is 47.3 Å². The minimum Gasteiger partial charge on any atom is -0.508 e. The van der Waals surface area contributed by atoms with Gasteiger partial charge in [-0.2, -0.15) is 0 Å². The largest absolute Gasteiger partial charge is 0.508 e. The number of aromatic hydroxyl groups is 1. The number of hydrogen-bond donors (Lipinski definition) is 3. The summed E-state index contributed by atoms with van der Waals surface area (Å²) in [5.74, 6) is 2.21. The number of amides is 2. The lowest BCUT2D eigenvalue weighted by molar-refractivity contribution is -0.133. The van der Waals surface area contributed by atoms with Gasteiger partial charge in [-0.05, 0) is 128 Å². The van der Waals surface area contributed by atoms with Crippen molar-refractivity contribution in [1.82, 2.24) is 15.1 Å². The zero-order valence-corrected chi connectivity index (χ0v) is 31.2. The zero-order chi connectivity index (χ0) is 36.9. The molecule has 3 saturated heterocycles. The Kier molecular flexibility index (Phi) is 11.1. The van der Waals surface area contributed by atoms with Crippen LogP contribution in [0.3, 0.4) is 0 Å². The molecule has 54 heavy (non-hydrogen) atoms. The predicted octanol–water partition coefficient (Wildman–Crippen LogP) is 6.38. The molecule has 3 N–H and O–H groups in total. The van der Waals surface area contributed by atoms with Crippen molar-refractivity contribution >= 4 is 23.2 Å². The maximum atomic E-state index is 12.1. The number of aryl methyl sites for hydroxylation is 1. The number of phenolic OH excluding ortho intramolecular Hbond substituents is 1. The molecule has 3 atom stereocenters. The second-order valence-corrected chi connectivity index (χ2v) is 15.6. The van der Waals surface area contributed by atoms with Crippen LogP contribution in [0.4, 0.5) is 11.4 Å². The summed E-state index contributed by atoms with van der Waals surface area (Å²) in [5, 5.41) is 15.9. The molecule has 2 amide bonds. The Bertz CT molecular complexity index is 1870. The maximum absolute atomic E-state index is 12.1. The highest BCUT2D eigenvalue weighted by Crippen LogP contribution is 2.47. The number of piperazine rings is 1. The van der Waals surface area contributed by atoms with E-state index in [0.29, 0.717) is 31.1 Å². The highest BCUT2D eigenvalue weighted by Gasteiger charge is 2.32. The second-order valence-electron chi connectivity index (χ2n) is 15.6. The highest BCUT2D eigenvalue weighted by molar-refractivity contribution is 6.01. The van der Waals surface area contributed by atoms with Crippen molar-refractivity contribution in [2.45, 2.75) is 56.4 Å². The molecule has 4 aromatic carbocycles. The summed E-state index contributed by atoms with van der Waals surface area (Å²) in [4.78, 5) is 31.2. The lowest BCUT2D eigenvalue weighted by atomic mass is 9.69. The van der Waals surface area contributed by atoms with Gasteiger partial charge in [0.05, 0.1) is 0 Å². The van der Waals surface area contributed by atoms with Crippen LogP contribution < -0.4 is 20.3 Å². The Morgan fingerprint density at radius 3 is 2.24 bits per heavy atom. The van der Waals surface area contributed by atoms with Crippen molar-refractivity contribution in [3.8, 4) is 11.5 Å². The second kappa shape index (κ2) is 16.7. The van der Waals surface area contributed by atoms with E-state index >= 15 is 0 Å². The molecule has 0 bridgehead atoms. The molecule has 1 unspecified atom stereocenters. The average molecular weight is 728 g/mol. The van der Waals surface area contributed by atoms with Gasteiger partial charge in [0.2, 0.25) is 11.8 Å². The quantitative estimate of drug-likeness (QED) is 0.153. The molecule has 0 aromatic heterocycles. The van der Waals surface area contributed by atoms with Crippen LogP contribution >= 0.6 is 0 Å². The first-order valence-electron chi connectivity index (χ1n) is 19.9. The summed E-state index contributed by atoms with van der Waals surface area (Å²) in [6.45, 7) is 9.26. The number of fused-ring (bicyclic) bond motifs is 1. The molecule has 9 nitrogen and oxygen atoms in total. The molecular formula is C45H53N5O4. The Hall–Kier alpha value is -4.86. The van der Waals surface area contributed by atoms with E-state index in [1.54, 1.807) is 0 Å². The summed E-state index contributed by atoms with van der Waals surface area (Å²) in [7, 11) is 0. The number of hydrogen-bond acceptors (Lipinski definition) is 8. The minimum absolute atomic E-state index is 0.193. The van der Waals surface area contributed by atoms with E-state index in [-0.39, 0.29) is 23.8 Å². The monoisotopic (exact) mass is 727 g/mol. The summed E-state index contributed by atoms with van der Waals surface area (Å²) in [6, 6.07) is 33.5. The molecule has 3 fully saturated rings. The smallest absolute Gasteiger partial charge is 0.249 e. The first-order chi connectivity index (χ1) is 26.4. The van der Waals surface area contributed by atoms with Gasteiger partial charge in [-0.1, -0.05) is 48.5 Å². The number of ether oxygens (including phenoxy) is 1. The van der Waals surface area contributed by atoms with Crippen LogP contribution in [0.2, 0.25) is 0 Å². The molecular weight excluding hydrogens is 675 g/mol. The lowest BCUT2D eigenvalue weighted by Gasteiger charge is -2.39. The molecule has 0 saturated carbocycles. The zero-order valence-electron chi connectivity index (χ0n) is 31.2. The van der Waals surface area contributed by atoms with Crippen molar-refractivity contribution in [2.75, 3.05) is 69.2 Å². The topological polar surface area (TPSA) is 97.4 Å². The number of rotatable bonds is 11. The number of carbonyl (C=O) groups is 2. The maximum Gasteiger partial charge on any atom is 0.249 e. The van der Waals surface area contributed by atoms with Gasteiger partial charge >= 0.3 is 0 Å². The molecule has 9 heteroatoms. The number of carbonyl (C=O) groups excluding carboxylic acids is 2. The van der Waals surface area contributed by atoms with Crippen molar-refractivity contribution in [3.63, 3.8) is 0 Å². The van der Waals surface area contributed by atoms with E-state index in [1.807, 2.05) is 24.3 Å². The Morgan fingerprint density at radius 1 is 0.741 bits per heavy atom. The fourth-order valence-electron chi connectivity index (χ4n) is 9.09. The van der Waals surface area contributed by atoms with Crippen LogP contribution in [0.15, 0.2) is 97.1 Å². The Balaban J connectivity index is 0.757. The Labute approximate surface area is 319 Å². The van der Waals surface area contributed by atoms with E-state index in [9.17, 15) is 14.7 Å². The highest BCUT2D eigenvalue weighted by atomic mass is 16.5.